The van der Waals surface area contributed by atoms with Gasteiger partial charge in [0, 0.05) is 0 Å². The normalized spacial score (nSPS) is 30.7. The van der Waals surface area contributed by atoms with Crippen LogP contribution >= 0.6 is 0 Å². The molecule has 0 aromatic heterocycles. The molecule has 78 valence electrons. The van der Waals surface area contributed by atoms with Crippen LogP contribution in [0.5, 0.6) is 0 Å². The van der Waals surface area contributed by atoms with Gasteiger partial charge < -0.3 is 0 Å². The topological polar surface area (TPSA) is 3.24 Å². The minimum atomic E-state index is 0.913. The molecule has 3 unspecified atom stereocenters. The molecule has 3 atom stereocenters. The second-order valence-corrected chi connectivity index (χ2v) is 6.24. The van der Waals surface area contributed by atoms with Gasteiger partial charge >= 0.3 is 91.5 Å². The third-order valence-electron chi connectivity index (χ3n) is 3.01. The van der Waals surface area contributed by atoms with Crippen molar-refractivity contribution in [2.75, 3.05) is 13.1 Å². The van der Waals surface area contributed by atoms with E-state index in [1.54, 1.807) is 0 Å². The molecule has 1 aliphatic rings. The fourth-order valence-corrected chi connectivity index (χ4v) is 3.32. The zero-order valence-corrected chi connectivity index (χ0v) is 11.6. The van der Waals surface area contributed by atoms with E-state index in [9.17, 15) is 0 Å². The second kappa shape index (κ2) is 6.09. The molecule has 1 rings (SSSR count). The summed E-state index contributed by atoms with van der Waals surface area (Å²) >= 11 is 1.96. The summed E-state index contributed by atoms with van der Waals surface area (Å²) in [5.74, 6) is 0. The molecule has 0 N–H and O–H groups in total. The first kappa shape index (κ1) is 11.6. The molecule has 2 heteroatoms. The molecular weight excluding hydrogens is 221 g/mol. The van der Waals surface area contributed by atoms with Crippen molar-refractivity contribution in [3.63, 3.8) is 0 Å². The van der Waals surface area contributed by atoms with Crippen LogP contribution in [0.15, 0.2) is 0 Å². The Morgan fingerprint density at radius 1 is 1.31 bits per heavy atom. The number of rotatable bonds is 4. The van der Waals surface area contributed by atoms with E-state index in [2.05, 4.69) is 18.7 Å². The number of piperidine rings is 1. The van der Waals surface area contributed by atoms with Crippen LogP contribution in [-0.2, 0) is 0 Å². The van der Waals surface area contributed by atoms with Crippen LogP contribution < -0.4 is 0 Å². The van der Waals surface area contributed by atoms with E-state index in [0.717, 1.165) is 10.7 Å². The molecular formula is C11H24AsN. The third kappa shape index (κ3) is 3.64. The monoisotopic (exact) mass is 245 g/mol. The van der Waals surface area contributed by atoms with Gasteiger partial charge in [0.25, 0.3) is 0 Å². The average Bonchev–Trinajstić information content (AvgIpc) is 2.10. The van der Waals surface area contributed by atoms with Crippen molar-refractivity contribution in [3.8, 4) is 0 Å². The molecule has 0 bridgehead atoms. The molecule has 0 spiro atoms. The maximum absolute atomic E-state index is 2.72. The average molecular weight is 245 g/mol. The van der Waals surface area contributed by atoms with Gasteiger partial charge in [-0.15, -0.1) is 0 Å². The molecule has 0 aromatic rings. The van der Waals surface area contributed by atoms with Gasteiger partial charge in [-0.25, -0.2) is 0 Å². The van der Waals surface area contributed by atoms with Crippen LogP contribution in [-0.4, -0.2) is 40.9 Å². The molecule has 1 saturated heterocycles. The summed E-state index contributed by atoms with van der Waals surface area (Å²) in [5.41, 5.74) is 0. The summed E-state index contributed by atoms with van der Waals surface area (Å²) in [6.07, 6.45) is 7.00. The molecule has 1 fully saturated rings. The molecule has 0 aliphatic carbocycles. The van der Waals surface area contributed by atoms with Crippen molar-refractivity contribution in [1.82, 2.24) is 4.90 Å². The maximum atomic E-state index is 2.72. The quantitative estimate of drug-likeness (QED) is 0.685. The number of hydrogen-bond donors (Lipinski definition) is 0. The number of likely N-dealkylation sites (tertiary alicyclic amines) is 1. The number of nitrogens with zero attached hydrogens (tertiary/aromatic N) is 1. The van der Waals surface area contributed by atoms with Crippen LogP contribution in [0.2, 0.25) is 4.71 Å². The first-order valence-corrected chi connectivity index (χ1v) is 7.17. The summed E-state index contributed by atoms with van der Waals surface area (Å²) in [6.45, 7) is 7.30. The summed E-state index contributed by atoms with van der Waals surface area (Å²) in [5, 5.41) is 0. The molecule has 13 heavy (non-hydrogen) atoms. The molecule has 0 radical (unpaired) electrons. The van der Waals surface area contributed by atoms with Gasteiger partial charge in [-0.05, 0) is 0 Å². The van der Waals surface area contributed by atoms with Crippen molar-refractivity contribution >= 4 is 16.9 Å². The van der Waals surface area contributed by atoms with Crippen molar-refractivity contribution in [1.29, 1.82) is 0 Å². The molecule has 0 saturated carbocycles. The Labute approximate surface area is 91.8 Å². The summed E-state index contributed by atoms with van der Waals surface area (Å²) in [4.78, 5) is 2.72. The molecule has 1 heterocycles. The summed E-state index contributed by atoms with van der Waals surface area (Å²) < 4.78 is 1.03. The van der Waals surface area contributed by atoms with Gasteiger partial charge in [0.2, 0.25) is 0 Å². The Hall–Kier alpha value is 0.518. The van der Waals surface area contributed by atoms with Crippen molar-refractivity contribution in [2.24, 2.45) is 0 Å². The van der Waals surface area contributed by atoms with Gasteiger partial charge in [-0.1, -0.05) is 0 Å². The Balaban J connectivity index is 2.40. The third-order valence-corrected chi connectivity index (χ3v) is 4.28. The van der Waals surface area contributed by atoms with Gasteiger partial charge in [0.05, 0.1) is 0 Å². The van der Waals surface area contributed by atoms with Crippen LogP contribution in [0.25, 0.3) is 0 Å². The van der Waals surface area contributed by atoms with E-state index in [4.69, 9.17) is 0 Å². The SMILES string of the molecule is CCCC1CC([AsH2])CCN1CCC. The van der Waals surface area contributed by atoms with Crippen molar-refractivity contribution in [2.45, 2.75) is 56.7 Å². The van der Waals surface area contributed by atoms with Crippen LogP contribution in [0.3, 0.4) is 0 Å². The minimum absolute atomic E-state index is 0.913. The first-order valence-electron chi connectivity index (χ1n) is 5.77. The van der Waals surface area contributed by atoms with Crippen molar-refractivity contribution in [3.05, 3.63) is 0 Å². The van der Waals surface area contributed by atoms with Crippen LogP contribution in [0.4, 0.5) is 0 Å². The Morgan fingerprint density at radius 3 is 2.69 bits per heavy atom. The van der Waals surface area contributed by atoms with E-state index in [0.29, 0.717) is 0 Å². The predicted octanol–water partition coefficient (Wildman–Crippen LogP) is 2.08. The molecule has 1 nitrogen and oxygen atoms in total. The molecule has 0 amide bonds. The zero-order valence-electron chi connectivity index (χ0n) is 9.13. The number of hydrogen-bond acceptors (Lipinski definition) is 1. The summed E-state index contributed by atoms with van der Waals surface area (Å²) in [6, 6.07) is 0.913. The van der Waals surface area contributed by atoms with E-state index in [1.165, 1.54) is 45.2 Å². The Bertz CT molecular complexity index is 138. The predicted molar refractivity (Wildman–Crippen MR) is 62.1 cm³/mol. The van der Waals surface area contributed by atoms with E-state index >= 15 is 0 Å². The van der Waals surface area contributed by atoms with Crippen molar-refractivity contribution < 1.29 is 0 Å². The fourth-order valence-electron chi connectivity index (χ4n) is 2.35. The molecule has 0 aromatic carbocycles. The first-order chi connectivity index (χ1) is 6.27. The zero-order chi connectivity index (χ0) is 9.68. The van der Waals surface area contributed by atoms with Gasteiger partial charge in [0.1, 0.15) is 0 Å². The standard InChI is InChI=1S/C11H24AsN/c1-3-5-11-9-10(12)6-8-13(11)7-4-2/h10-11H,3-9,12H2,1-2H3. The van der Waals surface area contributed by atoms with Gasteiger partial charge in [0.15, 0.2) is 0 Å². The molecule has 1 aliphatic heterocycles. The van der Waals surface area contributed by atoms with E-state index < -0.39 is 0 Å². The van der Waals surface area contributed by atoms with Crippen LogP contribution in [0.1, 0.15) is 46.0 Å². The Kier molecular flexibility index (Phi) is 5.43. The van der Waals surface area contributed by atoms with E-state index in [1.807, 2.05) is 16.9 Å². The van der Waals surface area contributed by atoms with Crippen LogP contribution in [0, 0.1) is 0 Å². The summed E-state index contributed by atoms with van der Waals surface area (Å²) in [7, 11) is 0. The fraction of sp³-hybridized carbons (Fsp3) is 1.00. The van der Waals surface area contributed by atoms with E-state index in [-0.39, 0.29) is 0 Å². The Morgan fingerprint density at radius 2 is 2.08 bits per heavy atom. The second-order valence-electron chi connectivity index (χ2n) is 4.26. The van der Waals surface area contributed by atoms with Gasteiger partial charge in [-0.2, -0.15) is 0 Å². The van der Waals surface area contributed by atoms with Gasteiger partial charge in [-0.3, -0.25) is 0 Å².